The monoisotopic (exact) mass is 400 g/mol. The number of aromatic amines is 1. The molecule has 1 amide bonds. The van der Waals surface area contributed by atoms with Crippen molar-refractivity contribution in [1.29, 1.82) is 0 Å². The van der Waals surface area contributed by atoms with E-state index in [0.717, 1.165) is 12.8 Å². The molecule has 1 aromatic carbocycles. The molecule has 3 N–H and O–H groups in total. The number of amides is 1. The van der Waals surface area contributed by atoms with Crippen LogP contribution >= 0.6 is 12.4 Å². The van der Waals surface area contributed by atoms with Crippen molar-refractivity contribution in [3.63, 3.8) is 0 Å². The number of ether oxygens (including phenoxy) is 1. The van der Waals surface area contributed by atoms with Gasteiger partial charge in [0, 0.05) is 24.7 Å². The van der Waals surface area contributed by atoms with Crippen LogP contribution in [0.1, 0.15) is 30.1 Å². The molecule has 2 aromatic rings. The van der Waals surface area contributed by atoms with Gasteiger partial charge < -0.3 is 15.4 Å². The van der Waals surface area contributed by atoms with Gasteiger partial charge in [-0.2, -0.15) is 13.9 Å². The highest BCUT2D eigenvalue weighted by Gasteiger charge is 2.27. The number of nitrogens with one attached hydrogen (secondary N) is 1. The van der Waals surface area contributed by atoms with Gasteiger partial charge in [0.15, 0.2) is 0 Å². The van der Waals surface area contributed by atoms with Gasteiger partial charge in [0.1, 0.15) is 5.75 Å². The number of alkyl halides is 2. The highest BCUT2D eigenvalue weighted by Crippen LogP contribution is 2.28. The molecule has 148 valence electrons. The van der Waals surface area contributed by atoms with Crippen molar-refractivity contribution in [2.45, 2.75) is 32.4 Å². The zero-order chi connectivity index (χ0) is 18.7. The summed E-state index contributed by atoms with van der Waals surface area (Å²) in [6, 6.07) is 6.32. The smallest absolute Gasteiger partial charge is 0.387 e. The Morgan fingerprint density at radius 2 is 2.07 bits per heavy atom. The Hall–Kier alpha value is -2.19. The van der Waals surface area contributed by atoms with Crippen LogP contribution in [0, 0.1) is 5.92 Å². The summed E-state index contributed by atoms with van der Waals surface area (Å²) in [5, 5.41) is 6.76. The van der Waals surface area contributed by atoms with Gasteiger partial charge in [-0.15, -0.1) is 12.4 Å². The fourth-order valence-corrected chi connectivity index (χ4v) is 3.29. The highest BCUT2D eigenvalue weighted by atomic mass is 35.5. The molecule has 6 nitrogen and oxygen atoms in total. The third-order valence-electron chi connectivity index (χ3n) is 4.79. The Balaban J connectivity index is 0.00000261. The van der Waals surface area contributed by atoms with Crippen LogP contribution in [0.4, 0.5) is 8.78 Å². The van der Waals surface area contributed by atoms with Crippen molar-refractivity contribution >= 4 is 18.3 Å². The van der Waals surface area contributed by atoms with Gasteiger partial charge in [-0.05, 0) is 37.8 Å². The van der Waals surface area contributed by atoms with Crippen molar-refractivity contribution < 1.29 is 18.3 Å². The number of halogens is 3. The van der Waals surface area contributed by atoms with Gasteiger partial charge in [0.05, 0.1) is 17.5 Å². The Kier molecular flexibility index (Phi) is 7.15. The minimum atomic E-state index is -2.90. The molecule has 0 radical (unpaired) electrons. The molecule has 1 aliphatic heterocycles. The van der Waals surface area contributed by atoms with Gasteiger partial charge in [-0.25, -0.2) is 0 Å². The Morgan fingerprint density at radius 1 is 1.37 bits per heavy atom. The van der Waals surface area contributed by atoms with Crippen molar-refractivity contribution in [3.05, 3.63) is 36.0 Å². The average Bonchev–Trinajstić information content (AvgIpc) is 3.10. The number of benzene rings is 1. The molecular weight excluding hydrogens is 378 g/mol. The second kappa shape index (κ2) is 9.14. The van der Waals surface area contributed by atoms with Gasteiger partial charge in [-0.1, -0.05) is 12.1 Å². The van der Waals surface area contributed by atoms with Crippen molar-refractivity contribution in [1.82, 2.24) is 15.1 Å². The summed E-state index contributed by atoms with van der Waals surface area (Å²) >= 11 is 0. The SMILES string of the molecule is CC(N)C1CCN(C(=O)c2cn[nH]c2-c2cccc(OC(F)F)c2)CC1.Cl. The summed E-state index contributed by atoms with van der Waals surface area (Å²) < 4.78 is 29.3. The van der Waals surface area contributed by atoms with E-state index in [1.54, 1.807) is 17.0 Å². The number of hydrogen-bond donors (Lipinski definition) is 2. The summed E-state index contributed by atoms with van der Waals surface area (Å²) in [7, 11) is 0. The fraction of sp³-hybridized carbons (Fsp3) is 0.444. The molecule has 3 rings (SSSR count). The minimum Gasteiger partial charge on any atom is -0.435 e. The van der Waals surface area contributed by atoms with E-state index in [9.17, 15) is 13.6 Å². The number of carbonyl (C=O) groups excluding carboxylic acids is 1. The van der Waals surface area contributed by atoms with Crippen LogP contribution in [0.2, 0.25) is 0 Å². The third kappa shape index (κ3) is 4.95. The van der Waals surface area contributed by atoms with Crippen LogP contribution < -0.4 is 10.5 Å². The number of nitrogens with two attached hydrogens (primary N) is 1. The molecule has 1 aliphatic rings. The predicted octanol–water partition coefficient (Wildman–Crippen LogP) is 3.30. The maximum atomic E-state index is 12.9. The van der Waals surface area contributed by atoms with Crippen molar-refractivity contribution in [2.75, 3.05) is 13.1 Å². The first-order chi connectivity index (χ1) is 12.5. The first-order valence-electron chi connectivity index (χ1n) is 8.59. The summed E-state index contributed by atoms with van der Waals surface area (Å²) in [5.74, 6) is 0.325. The van der Waals surface area contributed by atoms with Crippen LogP contribution in [0.5, 0.6) is 5.75 Å². The molecule has 27 heavy (non-hydrogen) atoms. The minimum absolute atomic E-state index is 0. The van der Waals surface area contributed by atoms with Crippen LogP contribution in [0.3, 0.4) is 0 Å². The van der Waals surface area contributed by atoms with Crippen LogP contribution in [-0.4, -0.2) is 46.7 Å². The molecular formula is C18H23ClF2N4O2. The molecule has 0 spiro atoms. The van der Waals surface area contributed by atoms with Crippen LogP contribution in [-0.2, 0) is 0 Å². The molecule has 1 atom stereocenters. The number of piperidine rings is 1. The first-order valence-corrected chi connectivity index (χ1v) is 8.59. The maximum Gasteiger partial charge on any atom is 0.387 e. The number of likely N-dealkylation sites (tertiary alicyclic amines) is 1. The normalized spacial score (nSPS) is 16.1. The molecule has 0 aliphatic carbocycles. The molecule has 1 aromatic heterocycles. The summed E-state index contributed by atoms with van der Waals surface area (Å²) in [6.07, 6.45) is 3.21. The Labute approximate surface area is 162 Å². The Morgan fingerprint density at radius 3 is 2.70 bits per heavy atom. The molecule has 9 heteroatoms. The van der Waals surface area contributed by atoms with E-state index in [2.05, 4.69) is 14.9 Å². The number of carbonyl (C=O) groups is 1. The largest absolute Gasteiger partial charge is 0.435 e. The van der Waals surface area contributed by atoms with Crippen molar-refractivity contribution in [2.24, 2.45) is 11.7 Å². The summed E-state index contributed by atoms with van der Waals surface area (Å²) in [4.78, 5) is 14.7. The number of rotatable bonds is 5. The number of hydrogen-bond acceptors (Lipinski definition) is 4. The number of nitrogens with zero attached hydrogens (tertiary/aromatic N) is 2. The highest BCUT2D eigenvalue weighted by molar-refractivity contribution is 5.99. The topological polar surface area (TPSA) is 84.2 Å². The maximum absolute atomic E-state index is 12.9. The second-order valence-corrected chi connectivity index (χ2v) is 6.55. The summed E-state index contributed by atoms with van der Waals surface area (Å²) in [5.41, 5.74) is 7.42. The fourth-order valence-electron chi connectivity index (χ4n) is 3.29. The number of H-pyrrole nitrogens is 1. The van der Waals surface area contributed by atoms with E-state index in [4.69, 9.17) is 5.73 Å². The van der Waals surface area contributed by atoms with E-state index in [1.807, 2.05) is 6.92 Å². The van der Waals surface area contributed by atoms with Crippen molar-refractivity contribution in [3.8, 4) is 17.0 Å². The lowest BCUT2D eigenvalue weighted by atomic mass is 9.90. The van der Waals surface area contributed by atoms with Gasteiger partial charge >= 0.3 is 6.61 Å². The lowest BCUT2D eigenvalue weighted by Gasteiger charge is -2.33. The van der Waals surface area contributed by atoms with Gasteiger partial charge in [0.2, 0.25) is 0 Å². The van der Waals surface area contributed by atoms with E-state index in [-0.39, 0.29) is 30.1 Å². The standard InChI is InChI=1S/C18H22F2N4O2.ClH/c1-11(21)12-5-7-24(8-6-12)17(25)15-10-22-23-16(15)13-3-2-4-14(9-13)26-18(19)20;/h2-4,9-12,18H,5-8,21H2,1H3,(H,22,23);1H. The van der Waals surface area contributed by atoms with E-state index < -0.39 is 6.61 Å². The van der Waals surface area contributed by atoms with E-state index in [0.29, 0.717) is 35.8 Å². The van der Waals surface area contributed by atoms with E-state index in [1.165, 1.54) is 18.3 Å². The third-order valence-corrected chi connectivity index (χ3v) is 4.79. The molecule has 0 bridgehead atoms. The predicted molar refractivity (Wildman–Crippen MR) is 100 cm³/mol. The lowest BCUT2D eigenvalue weighted by Crippen LogP contribution is -2.42. The number of aromatic nitrogens is 2. The second-order valence-electron chi connectivity index (χ2n) is 6.55. The first kappa shape index (κ1) is 21.1. The van der Waals surface area contributed by atoms with Crippen LogP contribution in [0.15, 0.2) is 30.5 Å². The van der Waals surface area contributed by atoms with Gasteiger partial charge in [0.25, 0.3) is 5.91 Å². The molecule has 2 heterocycles. The summed E-state index contributed by atoms with van der Waals surface area (Å²) in [6.45, 7) is 0.374. The molecule has 1 unspecified atom stereocenters. The van der Waals surface area contributed by atoms with Gasteiger partial charge in [-0.3, -0.25) is 9.89 Å². The zero-order valence-electron chi connectivity index (χ0n) is 14.9. The average molecular weight is 401 g/mol. The lowest BCUT2D eigenvalue weighted by molar-refractivity contribution is -0.0498. The molecule has 1 saturated heterocycles. The van der Waals surface area contributed by atoms with Crippen LogP contribution in [0.25, 0.3) is 11.3 Å². The Bertz CT molecular complexity index is 761. The van der Waals surface area contributed by atoms with E-state index >= 15 is 0 Å². The molecule has 1 fully saturated rings. The quantitative estimate of drug-likeness (QED) is 0.806. The molecule has 0 saturated carbocycles. The zero-order valence-corrected chi connectivity index (χ0v) is 15.7.